The first-order valence-electron chi connectivity index (χ1n) is 12.5. The van der Waals surface area contributed by atoms with Gasteiger partial charge in [-0.25, -0.2) is 14.6 Å². The van der Waals surface area contributed by atoms with Crippen LogP contribution in [0.4, 0.5) is 0 Å². The lowest BCUT2D eigenvalue weighted by atomic mass is 10.1. The Morgan fingerprint density at radius 3 is 2.57 bits per heavy atom. The molecule has 35 heavy (non-hydrogen) atoms. The number of amides is 1. The maximum Gasteiger partial charge on any atom is 0.254 e. The number of nitrogens with zero attached hydrogens (tertiary/aromatic N) is 6. The quantitative estimate of drug-likeness (QED) is 0.385. The van der Waals surface area contributed by atoms with Crippen LogP contribution in [0.1, 0.15) is 60.4 Å². The molecule has 1 saturated heterocycles. The normalized spacial score (nSPS) is 16.9. The zero-order valence-electron chi connectivity index (χ0n) is 20.2. The van der Waals surface area contributed by atoms with Crippen molar-refractivity contribution in [2.45, 2.75) is 45.2 Å². The van der Waals surface area contributed by atoms with E-state index in [1.54, 1.807) is 11.3 Å². The van der Waals surface area contributed by atoms with Crippen molar-refractivity contribution in [1.82, 2.24) is 29.5 Å². The van der Waals surface area contributed by atoms with Crippen LogP contribution in [0.25, 0.3) is 21.6 Å². The standard InChI is InChI=1S/C27H30N6OS/c1-18(2)33-25-23(15-28-33)22(14-24(30-25)19-8-9-19)27(34)32-12-10-31(11-13-32)16-21-17-35-26(29-21)20-6-4-3-5-7-20/h3-7,14-15,17-19H,8-13,16H2,1-2H3. The molecule has 1 aliphatic heterocycles. The molecule has 1 saturated carbocycles. The number of pyridine rings is 1. The van der Waals surface area contributed by atoms with Crippen LogP contribution < -0.4 is 0 Å². The van der Waals surface area contributed by atoms with E-state index in [0.29, 0.717) is 5.92 Å². The summed E-state index contributed by atoms with van der Waals surface area (Å²) in [7, 11) is 0. The third-order valence-corrected chi connectivity index (χ3v) is 7.86. The molecule has 0 atom stereocenters. The van der Waals surface area contributed by atoms with Crippen LogP contribution >= 0.6 is 11.3 Å². The van der Waals surface area contributed by atoms with Crippen LogP contribution in [-0.4, -0.2) is 61.6 Å². The van der Waals surface area contributed by atoms with E-state index < -0.39 is 0 Å². The van der Waals surface area contributed by atoms with E-state index in [2.05, 4.69) is 41.4 Å². The minimum atomic E-state index is 0.0993. The molecule has 1 aliphatic carbocycles. The molecule has 180 valence electrons. The van der Waals surface area contributed by atoms with Gasteiger partial charge < -0.3 is 4.90 Å². The first kappa shape index (κ1) is 22.4. The van der Waals surface area contributed by atoms with Crippen molar-refractivity contribution in [3.05, 3.63) is 64.9 Å². The van der Waals surface area contributed by atoms with Crippen molar-refractivity contribution in [2.75, 3.05) is 26.2 Å². The van der Waals surface area contributed by atoms with Crippen LogP contribution in [0.5, 0.6) is 0 Å². The lowest BCUT2D eigenvalue weighted by Gasteiger charge is -2.34. The van der Waals surface area contributed by atoms with Crippen molar-refractivity contribution < 1.29 is 4.79 Å². The first-order valence-corrected chi connectivity index (χ1v) is 13.3. The highest BCUT2D eigenvalue weighted by Gasteiger charge is 2.30. The van der Waals surface area contributed by atoms with Gasteiger partial charge in [0.15, 0.2) is 5.65 Å². The average Bonchev–Trinajstić information content (AvgIpc) is 3.47. The number of benzene rings is 1. The zero-order valence-corrected chi connectivity index (χ0v) is 21.0. The molecule has 1 aromatic carbocycles. The summed E-state index contributed by atoms with van der Waals surface area (Å²) in [5.41, 5.74) is 4.89. The van der Waals surface area contributed by atoms with Gasteiger partial charge in [-0.1, -0.05) is 30.3 Å². The largest absolute Gasteiger partial charge is 0.336 e. The Morgan fingerprint density at radius 1 is 1.09 bits per heavy atom. The maximum absolute atomic E-state index is 13.6. The summed E-state index contributed by atoms with van der Waals surface area (Å²) in [6, 6.07) is 12.6. The molecule has 0 radical (unpaired) electrons. The number of carbonyl (C=O) groups excluding carboxylic acids is 1. The summed E-state index contributed by atoms with van der Waals surface area (Å²) in [5, 5.41) is 8.63. The third-order valence-electron chi connectivity index (χ3n) is 6.92. The lowest BCUT2D eigenvalue weighted by Crippen LogP contribution is -2.48. The molecule has 4 aromatic rings. The summed E-state index contributed by atoms with van der Waals surface area (Å²) in [4.78, 5) is 27.8. The number of rotatable bonds is 6. The number of piperazine rings is 1. The number of hydrogen-bond donors (Lipinski definition) is 0. The SMILES string of the molecule is CC(C)n1ncc2c(C(=O)N3CCN(Cc4csc(-c5ccccc5)n4)CC3)cc(C3CC3)nc21. The molecule has 6 rings (SSSR count). The summed E-state index contributed by atoms with van der Waals surface area (Å²) < 4.78 is 1.94. The minimum Gasteiger partial charge on any atom is -0.336 e. The topological polar surface area (TPSA) is 67.2 Å². The molecule has 3 aromatic heterocycles. The number of hydrogen-bond acceptors (Lipinski definition) is 6. The van der Waals surface area contributed by atoms with Crippen molar-refractivity contribution in [2.24, 2.45) is 0 Å². The third kappa shape index (κ3) is 4.48. The molecule has 1 amide bonds. The smallest absolute Gasteiger partial charge is 0.254 e. The second-order valence-electron chi connectivity index (χ2n) is 9.87. The van der Waals surface area contributed by atoms with E-state index in [1.807, 2.05) is 40.0 Å². The fraction of sp³-hybridized carbons (Fsp3) is 0.407. The van der Waals surface area contributed by atoms with E-state index in [0.717, 1.165) is 84.1 Å². The van der Waals surface area contributed by atoms with Gasteiger partial charge in [-0.3, -0.25) is 9.69 Å². The van der Waals surface area contributed by atoms with Gasteiger partial charge in [-0.15, -0.1) is 11.3 Å². The van der Waals surface area contributed by atoms with Gasteiger partial charge in [-0.2, -0.15) is 5.10 Å². The second kappa shape index (κ2) is 9.17. The van der Waals surface area contributed by atoms with E-state index in [9.17, 15) is 4.79 Å². The van der Waals surface area contributed by atoms with E-state index >= 15 is 0 Å². The molecule has 0 bridgehead atoms. The van der Waals surface area contributed by atoms with Crippen LogP contribution in [0, 0.1) is 0 Å². The Bertz CT molecular complexity index is 1350. The Kier molecular flexibility index (Phi) is 5.86. The highest BCUT2D eigenvalue weighted by Crippen LogP contribution is 2.40. The zero-order chi connectivity index (χ0) is 23.9. The molecule has 2 aliphatic rings. The van der Waals surface area contributed by atoms with Gasteiger partial charge >= 0.3 is 0 Å². The van der Waals surface area contributed by atoms with Gasteiger partial charge in [0.2, 0.25) is 0 Å². The number of thiazole rings is 1. The Labute approximate surface area is 209 Å². The highest BCUT2D eigenvalue weighted by atomic mass is 32.1. The van der Waals surface area contributed by atoms with Crippen LogP contribution in [0.2, 0.25) is 0 Å². The Morgan fingerprint density at radius 2 is 1.86 bits per heavy atom. The van der Waals surface area contributed by atoms with Crippen LogP contribution in [0.3, 0.4) is 0 Å². The summed E-state index contributed by atoms with van der Waals surface area (Å²) in [6.45, 7) is 8.15. The molecular formula is C27H30N6OS. The summed E-state index contributed by atoms with van der Waals surface area (Å²) in [5.74, 6) is 0.583. The molecule has 7 nitrogen and oxygen atoms in total. The van der Waals surface area contributed by atoms with Gasteiger partial charge in [-0.05, 0) is 32.8 Å². The van der Waals surface area contributed by atoms with E-state index in [4.69, 9.17) is 9.97 Å². The summed E-state index contributed by atoms with van der Waals surface area (Å²) >= 11 is 1.69. The number of carbonyl (C=O) groups is 1. The van der Waals surface area contributed by atoms with Crippen molar-refractivity contribution in [3.63, 3.8) is 0 Å². The monoisotopic (exact) mass is 486 g/mol. The molecule has 8 heteroatoms. The highest BCUT2D eigenvalue weighted by molar-refractivity contribution is 7.13. The van der Waals surface area contributed by atoms with Crippen LogP contribution in [0.15, 0.2) is 48.0 Å². The van der Waals surface area contributed by atoms with Gasteiger partial charge in [0.05, 0.1) is 22.8 Å². The second-order valence-corrected chi connectivity index (χ2v) is 10.7. The van der Waals surface area contributed by atoms with Crippen LogP contribution in [-0.2, 0) is 6.54 Å². The maximum atomic E-state index is 13.6. The summed E-state index contributed by atoms with van der Waals surface area (Å²) in [6.07, 6.45) is 4.13. The predicted octanol–water partition coefficient (Wildman–Crippen LogP) is 4.97. The first-order chi connectivity index (χ1) is 17.1. The Balaban J connectivity index is 1.15. The predicted molar refractivity (Wildman–Crippen MR) is 139 cm³/mol. The minimum absolute atomic E-state index is 0.0993. The van der Waals surface area contributed by atoms with E-state index in [-0.39, 0.29) is 11.9 Å². The molecule has 0 N–H and O–H groups in total. The fourth-order valence-electron chi connectivity index (χ4n) is 4.78. The van der Waals surface area contributed by atoms with Gasteiger partial charge in [0.1, 0.15) is 5.01 Å². The van der Waals surface area contributed by atoms with Gasteiger partial charge in [0.25, 0.3) is 5.91 Å². The molecule has 2 fully saturated rings. The van der Waals surface area contributed by atoms with E-state index in [1.165, 1.54) is 0 Å². The molecule has 0 spiro atoms. The molecule has 0 unspecified atom stereocenters. The van der Waals surface area contributed by atoms with Crippen molar-refractivity contribution in [1.29, 1.82) is 0 Å². The number of aromatic nitrogens is 4. The van der Waals surface area contributed by atoms with Crippen molar-refractivity contribution in [3.8, 4) is 10.6 Å². The van der Waals surface area contributed by atoms with Crippen molar-refractivity contribution >= 4 is 28.3 Å². The molecular weight excluding hydrogens is 456 g/mol. The fourth-order valence-corrected chi connectivity index (χ4v) is 5.60. The average molecular weight is 487 g/mol. The Hall–Kier alpha value is -3.10. The lowest BCUT2D eigenvalue weighted by molar-refractivity contribution is 0.0629. The molecule has 4 heterocycles. The number of fused-ring (bicyclic) bond motifs is 1. The van der Waals surface area contributed by atoms with Gasteiger partial charge in [0, 0.05) is 61.3 Å².